The van der Waals surface area contributed by atoms with E-state index in [9.17, 15) is 5.11 Å². The lowest BCUT2D eigenvalue weighted by molar-refractivity contribution is 0.223. The minimum atomic E-state index is -0.463. The number of aryl methyl sites for hydroxylation is 4. The fourth-order valence-electron chi connectivity index (χ4n) is 2.84. The van der Waals surface area contributed by atoms with Crippen LogP contribution in [0.15, 0.2) is 24.3 Å². The van der Waals surface area contributed by atoms with Gasteiger partial charge in [-0.15, -0.1) is 11.3 Å². The Hall–Kier alpha value is -1.12. The van der Waals surface area contributed by atoms with Crippen molar-refractivity contribution in [1.29, 1.82) is 0 Å². The second-order valence-corrected chi connectivity index (χ2v) is 6.48. The van der Waals surface area contributed by atoms with Gasteiger partial charge in [-0.1, -0.05) is 18.2 Å². The zero-order valence-electron chi connectivity index (χ0n) is 10.9. The van der Waals surface area contributed by atoms with Crippen molar-refractivity contribution in [3.05, 3.63) is 56.3 Å². The summed E-state index contributed by atoms with van der Waals surface area (Å²) >= 11 is 1.70. The highest BCUT2D eigenvalue weighted by Crippen LogP contribution is 2.33. The monoisotopic (exact) mass is 258 g/mol. The third kappa shape index (κ3) is 2.00. The third-order valence-corrected chi connectivity index (χ3v) is 4.97. The van der Waals surface area contributed by atoms with E-state index in [1.54, 1.807) is 11.3 Å². The van der Waals surface area contributed by atoms with Crippen LogP contribution >= 0.6 is 11.3 Å². The first-order valence-corrected chi connectivity index (χ1v) is 7.33. The summed E-state index contributed by atoms with van der Waals surface area (Å²) in [5, 5.41) is 10.5. The highest BCUT2D eigenvalue weighted by molar-refractivity contribution is 7.12. The third-order valence-electron chi connectivity index (χ3n) is 3.77. The minimum Gasteiger partial charge on any atom is -0.383 e. The Bertz CT molecular complexity index is 583. The number of thiophene rings is 1. The van der Waals surface area contributed by atoms with Crippen LogP contribution in [0.25, 0.3) is 0 Å². The molecule has 1 N–H and O–H groups in total. The molecule has 2 heteroatoms. The average Bonchev–Trinajstić information content (AvgIpc) is 2.93. The number of fused-ring (bicyclic) bond motifs is 1. The maximum Gasteiger partial charge on any atom is 0.113 e. The summed E-state index contributed by atoms with van der Waals surface area (Å²) < 4.78 is 0. The van der Waals surface area contributed by atoms with Gasteiger partial charge in [0.1, 0.15) is 6.10 Å². The van der Waals surface area contributed by atoms with Gasteiger partial charge in [-0.3, -0.25) is 0 Å². The highest BCUT2D eigenvalue weighted by Gasteiger charge is 2.18. The van der Waals surface area contributed by atoms with Crippen molar-refractivity contribution in [3.63, 3.8) is 0 Å². The largest absolute Gasteiger partial charge is 0.383 e. The van der Waals surface area contributed by atoms with Crippen molar-refractivity contribution in [2.45, 2.75) is 39.2 Å². The zero-order valence-corrected chi connectivity index (χ0v) is 11.7. The molecule has 94 valence electrons. The van der Waals surface area contributed by atoms with E-state index in [0.29, 0.717) is 0 Å². The lowest BCUT2D eigenvalue weighted by Gasteiger charge is -2.12. The molecule has 0 spiro atoms. The Kier molecular flexibility index (Phi) is 3.00. The highest BCUT2D eigenvalue weighted by atomic mass is 32.1. The molecule has 0 bridgehead atoms. The second kappa shape index (κ2) is 4.52. The summed E-state index contributed by atoms with van der Waals surface area (Å²) in [7, 11) is 0. The van der Waals surface area contributed by atoms with E-state index in [1.165, 1.54) is 40.8 Å². The Morgan fingerprint density at radius 1 is 1.11 bits per heavy atom. The average molecular weight is 258 g/mol. The van der Waals surface area contributed by atoms with Crippen LogP contribution in [0.2, 0.25) is 0 Å². The summed E-state index contributed by atoms with van der Waals surface area (Å²) in [6.07, 6.45) is 3.15. The minimum absolute atomic E-state index is 0.463. The lowest BCUT2D eigenvalue weighted by Crippen LogP contribution is -2.00. The van der Waals surface area contributed by atoms with Crippen LogP contribution in [0.5, 0.6) is 0 Å². The van der Waals surface area contributed by atoms with Gasteiger partial charge in [0.05, 0.1) is 0 Å². The van der Waals surface area contributed by atoms with Gasteiger partial charge in [0.2, 0.25) is 0 Å². The maximum atomic E-state index is 10.5. The number of rotatable bonds is 2. The summed E-state index contributed by atoms with van der Waals surface area (Å²) in [5.74, 6) is 0. The van der Waals surface area contributed by atoms with E-state index in [2.05, 4.69) is 38.1 Å². The Balaban J connectivity index is 1.97. The SMILES string of the molecule is Cc1cc(C)c(C(O)c2ccc3c(c2)CCC3)s1. The molecule has 0 fully saturated rings. The molecule has 1 atom stereocenters. The molecule has 1 aliphatic rings. The van der Waals surface area contributed by atoms with Crippen LogP contribution in [-0.4, -0.2) is 5.11 Å². The van der Waals surface area contributed by atoms with Gasteiger partial charge < -0.3 is 5.11 Å². The summed E-state index contributed by atoms with van der Waals surface area (Å²) in [5.41, 5.74) is 5.13. The lowest BCUT2D eigenvalue weighted by atomic mass is 10.0. The molecule has 18 heavy (non-hydrogen) atoms. The van der Waals surface area contributed by atoms with Crippen LogP contribution in [0.1, 0.15) is 44.5 Å². The van der Waals surface area contributed by atoms with Crippen LogP contribution in [-0.2, 0) is 12.8 Å². The van der Waals surface area contributed by atoms with Gasteiger partial charge in [-0.2, -0.15) is 0 Å². The fourth-order valence-corrected chi connectivity index (χ4v) is 3.89. The molecule has 0 amide bonds. The molecule has 3 rings (SSSR count). The quantitative estimate of drug-likeness (QED) is 0.865. The molecule has 0 radical (unpaired) electrons. The van der Waals surface area contributed by atoms with Crippen molar-refractivity contribution >= 4 is 11.3 Å². The van der Waals surface area contributed by atoms with Gasteiger partial charge in [0.25, 0.3) is 0 Å². The number of benzene rings is 1. The molecule has 1 heterocycles. The molecule has 1 nitrogen and oxygen atoms in total. The molecule has 1 aliphatic carbocycles. The van der Waals surface area contributed by atoms with E-state index >= 15 is 0 Å². The number of aliphatic hydroxyl groups is 1. The van der Waals surface area contributed by atoms with Crippen molar-refractivity contribution in [3.8, 4) is 0 Å². The van der Waals surface area contributed by atoms with Gasteiger partial charge >= 0.3 is 0 Å². The Labute approximate surface area is 112 Å². The molecule has 1 aromatic carbocycles. The van der Waals surface area contributed by atoms with Gasteiger partial charge in [0, 0.05) is 9.75 Å². The maximum absolute atomic E-state index is 10.5. The number of hydrogen-bond acceptors (Lipinski definition) is 2. The Morgan fingerprint density at radius 2 is 1.89 bits per heavy atom. The second-order valence-electron chi connectivity index (χ2n) is 5.19. The predicted molar refractivity (Wildman–Crippen MR) is 76.3 cm³/mol. The molecule has 2 aromatic rings. The van der Waals surface area contributed by atoms with E-state index < -0.39 is 6.10 Å². The molecular formula is C16H18OS. The first-order chi connectivity index (χ1) is 8.65. The van der Waals surface area contributed by atoms with Crippen molar-refractivity contribution in [2.24, 2.45) is 0 Å². The van der Waals surface area contributed by atoms with Gasteiger partial charge in [-0.25, -0.2) is 0 Å². The normalized spacial score (nSPS) is 15.7. The van der Waals surface area contributed by atoms with Crippen LogP contribution in [0, 0.1) is 13.8 Å². The van der Waals surface area contributed by atoms with Crippen LogP contribution in [0.3, 0.4) is 0 Å². The molecule has 1 aromatic heterocycles. The fraction of sp³-hybridized carbons (Fsp3) is 0.375. The smallest absolute Gasteiger partial charge is 0.113 e. The molecule has 1 unspecified atom stereocenters. The van der Waals surface area contributed by atoms with Crippen molar-refractivity contribution in [2.75, 3.05) is 0 Å². The first-order valence-electron chi connectivity index (χ1n) is 6.52. The molecule has 0 saturated carbocycles. The summed E-state index contributed by atoms with van der Waals surface area (Å²) in [6.45, 7) is 4.17. The van der Waals surface area contributed by atoms with Gasteiger partial charge in [0.15, 0.2) is 0 Å². The topological polar surface area (TPSA) is 20.2 Å². The van der Waals surface area contributed by atoms with Crippen LogP contribution in [0.4, 0.5) is 0 Å². The van der Waals surface area contributed by atoms with E-state index in [0.717, 1.165) is 10.4 Å². The standard InChI is InChI=1S/C16H18OS/c1-10-8-11(2)18-16(10)15(17)14-7-6-12-4-3-5-13(12)9-14/h6-9,15,17H,3-5H2,1-2H3. The number of hydrogen-bond donors (Lipinski definition) is 1. The Morgan fingerprint density at radius 3 is 2.61 bits per heavy atom. The molecule has 0 aliphatic heterocycles. The summed E-state index contributed by atoms with van der Waals surface area (Å²) in [4.78, 5) is 2.35. The van der Waals surface area contributed by atoms with Gasteiger partial charge in [-0.05, 0) is 61.4 Å². The van der Waals surface area contributed by atoms with Crippen LogP contribution < -0.4 is 0 Å². The van der Waals surface area contributed by atoms with E-state index in [-0.39, 0.29) is 0 Å². The van der Waals surface area contributed by atoms with E-state index in [1.807, 2.05) is 0 Å². The van der Waals surface area contributed by atoms with Crippen molar-refractivity contribution in [1.82, 2.24) is 0 Å². The molecule has 0 saturated heterocycles. The first kappa shape index (κ1) is 11.9. The van der Waals surface area contributed by atoms with Crippen molar-refractivity contribution < 1.29 is 5.11 Å². The van der Waals surface area contributed by atoms with E-state index in [4.69, 9.17) is 0 Å². The number of aliphatic hydroxyl groups excluding tert-OH is 1. The molecular weight excluding hydrogens is 240 g/mol. The zero-order chi connectivity index (χ0) is 12.7. The summed E-state index contributed by atoms with van der Waals surface area (Å²) in [6, 6.07) is 8.62. The predicted octanol–water partition coefficient (Wildman–Crippen LogP) is 3.94.